The fraction of sp³-hybridized carbons (Fsp3) is 0.438. The molecule has 0 saturated carbocycles. The predicted molar refractivity (Wildman–Crippen MR) is 84.0 cm³/mol. The van der Waals surface area contributed by atoms with E-state index in [2.05, 4.69) is 17.3 Å². The Morgan fingerprint density at radius 2 is 2.24 bits per heavy atom. The first-order chi connectivity index (χ1) is 10.1. The van der Waals surface area contributed by atoms with E-state index in [1.807, 2.05) is 19.4 Å². The van der Waals surface area contributed by atoms with Gasteiger partial charge in [0.1, 0.15) is 5.82 Å². The molecule has 0 aliphatic carbocycles. The maximum absolute atomic E-state index is 13.2. The molecule has 21 heavy (non-hydrogen) atoms. The average molecular weight is 310 g/mol. The molecule has 114 valence electrons. The van der Waals surface area contributed by atoms with Gasteiger partial charge in [-0.1, -0.05) is 24.6 Å². The van der Waals surface area contributed by atoms with E-state index in [0.29, 0.717) is 5.02 Å². The van der Waals surface area contributed by atoms with Crippen LogP contribution in [0.15, 0.2) is 30.6 Å². The Labute approximate surface area is 130 Å². The average Bonchev–Trinajstić information content (AvgIpc) is 2.86. The third kappa shape index (κ3) is 4.55. The van der Waals surface area contributed by atoms with Crippen LogP contribution in [0.5, 0.6) is 0 Å². The second kappa shape index (κ2) is 7.57. The van der Waals surface area contributed by atoms with E-state index in [9.17, 15) is 4.39 Å². The highest BCUT2D eigenvalue weighted by Gasteiger charge is 2.15. The first-order valence-electron chi connectivity index (χ1n) is 7.26. The minimum atomic E-state index is -0.301. The molecule has 1 atom stereocenters. The summed E-state index contributed by atoms with van der Waals surface area (Å²) in [7, 11) is 1.91. The van der Waals surface area contributed by atoms with Crippen LogP contribution in [-0.2, 0) is 13.5 Å². The maximum Gasteiger partial charge on any atom is 0.124 e. The molecule has 0 saturated heterocycles. The molecule has 1 unspecified atom stereocenters. The van der Waals surface area contributed by atoms with Crippen molar-refractivity contribution in [2.75, 3.05) is 6.54 Å². The van der Waals surface area contributed by atoms with Crippen LogP contribution >= 0.6 is 11.6 Å². The lowest BCUT2D eigenvalue weighted by molar-refractivity contribution is 0.498. The lowest BCUT2D eigenvalue weighted by Gasteiger charge is -2.20. The second-order valence-corrected chi connectivity index (χ2v) is 5.64. The van der Waals surface area contributed by atoms with Gasteiger partial charge in [-0.05, 0) is 49.1 Å². The first-order valence-corrected chi connectivity index (χ1v) is 7.63. The van der Waals surface area contributed by atoms with Gasteiger partial charge >= 0.3 is 0 Å². The van der Waals surface area contributed by atoms with Gasteiger partial charge in [-0.3, -0.25) is 4.68 Å². The lowest BCUT2D eigenvalue weighted by atomic mass is 10.00. The molecular formula is C16H21ClFN3. The van der Waals surface area contributed by atoms with Crippen LogP contribution in [0.25, 0.3) is 0 Å². The summed E-state index contributed by atoms with van der Waals surface area (Å²) in [5, 5.41) is 8.15. The molecule has 1 N–H and O–H groups in total. The summed E-state index contributed by atoms with van der Waals surface area (Å²) in [6, 6.07) is 4.74. The number of rotatable bonds is 7. The zero-order valence-corrected chi connectivity index (χ0v) is 13.2. The van der Waals surface area contributed by atoms with Crippen LogP contribution < -0.4 is 5.32 Å². The number of hydrogen-bond donors (Lipinski definition) is 1. The Morgan fingerprint density at radius 3 is 2.86 bits per heavy atom. The number of aryl methyl sites for hydroxylation is 2. The number of nitrogens with zero attached hydrogens (tertiary/aromatic N) is 2. The van der Waals surface area contributed by atoms with E-state index < -0.39 is 0 Å². The Balaban J connectivity index is 2.09. The molecule has 5 heteroatoms. The zero-order valence-electron chi connectivity index (χ0n) is 12.4. The normalized spacial score (nSPS) is 12.6. The summed E-state index contributed by atoms with van der Waals surface area (Å²) in [5.41, 5.74) is 2.15. The monoisotopic (exact) mass is 309 g/mol. The van der Waals surface area contributed by atoms with Crippen LogP contribution in [-0.4, -0.2) is 16.3 Å². The lowest BCUT2D eigenvalue weighted by Crippen LogP contribution is -2.23. The standard InChI is InChI=1S/C16H21ClFN3/c1-3-8-19-16(7-4-12-10-20-21(2)11-12)14-6-5-13(18)9-15(14)17/h5-6,9-11,16,19H,3-4,7-8H2,1-2H3. The molecule has 0 aliphatic rings. The van der Waals surface area contributed by atoms with Crippen molar-refractivity contribution in [1.29, 1.82) is 0 Å². The highest BCUT2D eigenvalue weighted by Crippen LogP contribution is 2.27. The van der Waals surface area contributed by atoms with Gasteiger partial charge in [-0.15, -0.1) is 0 Å². The van der Waals surface area contributed by atoms with Crippen molar-refractivity contribution in [2.45, 2.75) is 32.2 Å². The molecule has 0 amide bonds. The molecule has 0 spiro atoms. The third-order valence-electron chi connectivity index (χ3n) is 3.46. The van der Waals surface area contributed by atoms with Gasteiger partial charge < -0.3 is 5.32 Å². The largest absolute Gasteiger partial charge is 0.310 e. The van der Waals surface area contributed by atoms with Gasteiger partial charge in [0.15, 0.2) is 0 Å². The van der Waals surface area contributed by atoms with Gasteiger partial charge in [0.2, 0.25) is 0 Å². The Morgan fingerprint density at radius 1 is 1.43 bits per heavy atom. The summed E-state index contributed by atoms with van der Waals surface area (Å²) < 4.78 is 15.0. The number of benzene rings is 1. The van der Waals surface area contributed by atoms with E-state index in [0.717, 1.165) is 31.4 Å². The molecule has 2 rings (SSSR count). The Kier molecular flexibility index (Phi) is 5.76. The minimum absolute atomic E-state index is 0.123. The van der Waals surface area contributed by atoms with E-state index in [-0.39, 0.29) is 11.9 Å². The molecule has 1 aromatic carbocycles. The number of aromatic nitrogens is 2. The van der Waals surface area contributed by atoms with Crippen LogP contribution in [0.4, 0.5) is 4.39 Å². The predicted octanol–water partition coefficient (Wildman–Crippen LogP) is 3.89. The molecule has 2 aromatic rings. The van der Waals surface area contributed by atoms with E-state index in [1.165, 1.54) is 17.7 Å². The van der Waals surface area contributed by atoms with Crippen molar-refractivity contribution in [1.82, 2.24) is 15.1 Å². The molecule has 0 aliphatic heterocycles. The summed E-state index contributed by atoms with van der Waals surface area (Å²) in [6.07, 6.45) is 6.74. The first kappa shape index (κ1) is 16.0. The molecule has 1 heterocycles. The fourth-order valence-electron chi connectivity index (χ4n) is 2.38. The van der Waals surface area contributed by atoms with Crippen LogP contribution in [0, 0.1) is 5.82 Å². The van der Waals surface area contributed by atoms with Crippen LogP contribution in [0.2, 0.25) is 5.02 Å². The summed E-state index contributed by atoms with van der Waals surface area (Å²) in [6.45, 7) is 3.03. The smallest absolute Gasteiger partial charge is 0.124 e. The summed E-state index contributed by atoms with van der Waals surface area (Å²) in [5.74, 6) is -0.301. The number of nitrogens with one attached hydrogen (secondary N) is 1. The number of halogens is 2. The van der Waals surface area contributed by atoms with Crippen molar-refractivity contribution < 1.29 is 4.39 Å². The molecule has 0 bridgehead atoms. The van der Waals surface area contributed by atoms with Gasteiger partial charge in [0, 0.05) is 24.3 Å². The third-order valence-corrected chi connectivity index (χ3v) is 3.79. The highest BCUT2D eigenvalue weighted by atomic mass is 35.5. The van der Waals surface area contributed by atoms with E-state index >= 15 is 0 Å². The van der Waals surface area contributed by atoms with Gasteiger partial charge in [-0.2, -0.15) is 5.10 Å². The topological polar surface area (TPSA) is 29.9 Å². The highest BCUT2D eigenvalue weighted by molar-refractivity contribution is 6.31. The van der Waals surface area contributed by atoms with Crippen LogP contribution in [0.3, 0.4) is 0 Å². The second-order valence-electron chi connectivity index (χ2n) is 5.23. The Hall–Kier alpha value is -1.39. The zero-order chi connectivity index (χ0) is 15.2. The minimum Gasteiger partial charge on any atom is -0.310 e. The number of hydrogen-bond acceptors (Lipinski definition) is 2. The van der Waals surface area contributed by atoms with Crippen molar-refractivity contribution in [3.63, 3.8) is 0 Å². The fourth-order valence-corrected chi connectivity index (χ4v) is 2.68. The summed E-state index contributed by atoms with van der Waals surface area (Å²) >= 11 is 6.19. The molecule has 1 aromatic heterocycles. The van der Waals surface area contributed by atoms with Crippen molar-refractivity contribution in [3.8, 4) is 0 Å². The molecule has 0 radical (unpaired) electrons. The van der Waals surface area contributed by atoms with E-state index in [1.54, 1.807) is 10.7 Å². The quantitative estimate of drug-likeness (QED) is 0.841. The summed E-state index contributed by atoms with van der Waals surface area (Å²) in [4.78, 5) is 0. The van der Waals surface area contributed by atoms with E-state index in [4.69, 9.17) is 11.6 Å². The van der Waals surface area contributed by atoms with Crippen molar-refractivity contribution in [2.24, 2.45) is 7.05 Å². The van der Waals surface area contributed by atoms with Crippen molar-refractivity contribution >= 4 is 11.6 Å². The van der Waals surface area contributed by atoms with Gasteiger partial charge in [0.05, 0.1) is 6.20 Å². The maximum atomic E-state index is 13.2. The van der Waals surface area contributed by atoms with Crippen molar-refractivity contribution in [3.05, 3.63) is 52.6 Å². The molecular weight excluding hydrogens is 289 g/mol. The van der Waals surface area contributed by atoms with Gasteiger partial charge in [-0.25, -0.2) is 4.39 Å². The molecule has 0 fully saturated rings. The van der Waals surface area contributed by atoms with Gasteiger partial charge in [0.25, 0.3) is 0 Å². The van der Waals surface area contributed by atoms with Crippen LogP contribution in [0.1, 0.15) is 36.9 Å². The molecule has 3 nitrogen and oxygen atoms in total. The SMILES string of the molecule is CCCNC(CCc1cnn(C)c1)c1ccc(F)cc1Cl. The Bertz CT molecular complexity index is 583.